The molecule has 0 radical (unpaired) electrons. The Bertz CT molecular complexity index is 1610. The molecule has 0 amide bonds. The maximum Gasteiger partial charge on any atom is 0.332 e. The SMILES string of the molecule is Cn1c(=O)c2c(nc3n(Cc4ccccc4)c(O)c(CC=C4CCCCC4)c(=O)n23)n(C)c1=O. The molecule has 5 rings (SSSR count). The normalized spacial score (nSPS) is 14.2. The van der Waals surface area contributed by atoms with E-state index in [4.69, 9.17) is 0 Å². The predicted molar refractivity (Wildman–Crippen MR) is 130 cm³/mol. The molecule has 4 aromatic rings. The number of hydrogen-bond acceptors (Lipinski definition) is 5. The van der Waals surface area contributed by atoms with Crippen LogP contribution in [0.15, 0.2) is 56.4 Å². The number of aromatic hydroxyl groups is 1. The van der Waals surface area contributed by atoms with Crippen molar-refractivity contribution in [3.63, 3.8) is 0 Å². The van der Waals surface area contributed by atoms with Gasteiger partial charge in [0, 0.05) is 20.5 Å². The van der Waals surface area contributed by atoms with Gasteiger partial charge in [0.15, 0.2) is 11.2 Å². The molecule has 176 valence electrons. The van der Waals surface area contributed by atoms with E-state index in [0.29, 0.717) is 0 Å². The molecule has 3 heterocycles. The van der Waals surface area contributed by atoms with Crippen molar-refractivity contribution in [3.8, 4) is 5.88 Å². The summed E-state index contributed by atoms with van der Waals surface area (Å²) in [7, 11) is 2.89. The third-order valence-electron chi connectivity index (χ3n) is 6.74. The highest BCUT2D eigenvalue weighted by Gasteiger charge is 2.24. The highest BCUT2D eigenvalue weighted by Crippen LogP contribution is 2.25. The van der Waals surface area contributed by atoms with Crippen LogP contribution in [0.25, 0.3) is 16.9 Å². The number of hydrogen-bond donors (Lipinski definition) is 1. The standard InChI is InChI=1S/C25H27N5O4/c1-27-20-19(23(33)28(2)25(27)34)30-22(32)18(14-13-16-9-5-3-6-10-16)21(31)29(24(30)26-20)15-17-11-7-4-8-12-17/h4,7-8,11-13,31H,3,5-6,9-10,14-15H2,1-2H3. The fourth-order valence-electron chi connectivity index (χ4n) is 4.79. The van der Waals surface area contributed by atoms with Crippen LogP contribution in [0.3, 0.4) is 0 Å². The van der Waals surface area contributed by atoms with Gasteiger partial charge in [-0.1, -0.05) is 48.4 Å². The van der Waals surface area contributed by atoms with Gasteiger partial charge < -0.3 is 5.11 Å². The van der Waals surface area contributed by atoms with E-state index in [2.05, 4.69) is 4.98 Å². The zero-order valence-electron chi connectivity index (χ0n) is 19.3. The average Bonchev–Trinajstić information content (AvgIpc) is 3.26. The van der Waals surface area contributed by atoms with Gasteiger partial charge in [-0.3, -0.25) is 23.3 Å². The van der Waals surface area contributed by atoms with E-state index in [9.17, 15) is 19.5 Å². The number of rotatable bonds is 4. The summed E-state index contributed by atoms with van der Waals surface area (Å²) in [6.45, 7) is 0.248. The van der Waals surface area contributed by atoms with E-state index < -0.39 is 16.8 Å². The van der Waals surface area contributed by atoms with Crippen molar-refractivity contribution in [3.05, 3.63) is 84.3 Å². The second kappa shape index (κ2) is 8.48. The zero-order valence-corrected chi connectivity index (χ0v) is 19.3. The molecule has 9 heteroatoms. The summed E-state index contributed by atoms with van der Waals surface area (Å²) in [6.07, 6.45) is 7.76. The van der Waals surface area contributed by atoms with Crippen LogP contribution < -0.4 is 16.8 Å². The lowest BCUT2D eigenvalue weighted by atomic mass is 9.94. The van der Waals surface area contributed by atoms with Crippen LogP contribution in [0.5, 0.6) is 5.88 Å². The van der Waals surface area contributed by atoms with Crippen molar-refractivity contribution in [2.75, 3.05) is 0 Å². The van der Waals surface area contributed by atoms with Gasteiger partial charge in [0.05, 0.1) is 12.1 Å². The molecule has 1 aliphatic rings. The summed E-state index contributed by atoms with van der Waals surface area (Å²) in [5.74, 6) is -0.0557. The molecule has 1 saturated carbocycles. The van der Waals surface area contributed by atoms with Gasteiger partial charge in [-0.2, -0.15) is 4.98 Å². The Morgan fingerprint density at radius 1 is 0.971 bits per heavy atom. The lowest BCUT2D eigenvalue weighted by Gasteiger charge is -2.16. The summed E-state index contributed by atoms with van der Waals surface area (Å²) in [4.78, 5) is 43.7. The summed E-state index contributed by atoms with van der Waals surface area (Å²) >= 11 is 0. The molecule has 0 unspecified atom stereocenters. The molecule has 0 saturated heterocycles. The van der Waals surface area contributed by atoms with E-state index >= 15 is 0 Å². The van der Waals surface area contributed by atoms with E-state index in [1.165, 1.54) is 39.6 Å². The first-order chi connectivity index (χ1) is 16.4. The zero-order chi connectivity index (χ0) is 24.0. The van der Waals surface area contributed by atoms with Crippen molar-refractivity contribution in [1.29, 1.82) is 0 Å². The van der Waals surface area contributed by atoms with E-state index in [1.807, 2.05) is 36.4 Å². The number of imidazole rings is 1. The number of fused-ring (bicyclic) bond motifs is 3. The predicted octanol–water partition coefficient (Wildman–Crippen LogP) is 2.23. The van der Waals surface area contributed by atoms with E-state index in [1.54, 1.807) is 0 Å². The average molecular weight is 462 g/mol. The number of aromatic nitrogens is 5. The second-order valence-electron chi connectivity index (χ2n) is 8.93. The maximum absolute atomic E-state index is 13.6. The smallest absolute Gasteiger partial charge is 0.332 e. The molecule has 34 heavy (non-hydrogen) atoms. The fourth-order valence-corrected chi connectivity index (χ4v) is 4.79. The molecular formula is C25H27N5O4. The maximum atomic E-state index is 13.6. The van der Waals surface area contributed by atoms with Crippen LogP contribution in [0, 0.1) is 0 Å². The summed E-state index contributed by atoms with van der Waals surface area (Å²) < 4.78 is 4.99. The minimum atomic E-state index is -0.601. The Morgan fingerprint density at radius 2 is 1.68 bits per heavy atom. The third-order valence-corrected chi connectivity index (χ3v) is 6.74. The Labute approximate surface area is 194 Å². The van der Waals surface area contributed by atoms with Gasteiger partial charge in [0.2, 0.25) is 11.7 Å². The number of aryl methyl sites for hydroxylation is 1. The molecule has 9 nitrogen and oxygen atoms in total. The highest BCUT2D eigenvalue weighted by molar-refractivity contribution is 5.75. The first kappa shape index (κ1) is 21.9. The molecule has 1 aromatic carbocycles. The third kappa shape index (κ3) is 3.48. The van der Waals surface area contributed by atoms with Crippen molar-refractivity contribution in [2.45, 2.75) is 45.1 Å². The molecule has 1 N–H and O–H groups in total. The Hall–Kier alpha value is -3.88. The van der Waals surface area contributed by atoms with Crippen molar-refractivity contribution in [2.24, 2.45) is 14.1 Å². The van der Waals surface area contributed by atoms with E-state index in [0.717, 1.165) is 35.8 Å². The minimum absolute atomic E-state index is 0.0259. The van der Waals surface area contributed by atoms with E-state index in [-0.39, 0.29) is 41.4 Å². The molecule has 0 aliphatic heterocycles. The molecule has 1 fully saturated rings. The van der Waals surface area contributed by atoms with Gasteiger partial charge in [-0.05, 0) is 31.2 Å². The number of allylic oxidation sites excluding steroid dienone is 2. The van der Waals surface area contributed by atoms with Gasteiger partial charge in [0.1, 0.15) is 0 Å². The minimum Gasteiger partial charge on any atom is -0.494 e. The molecule has 3 aromatic heterocycles. The van der Waals surface area contributed by atoms with Gasteiger partial charge in [0.25, 0.3) is 11.1 Å². The van der Waals surface area contributed by atoms with Crippen LogP contribution in [0.2, 0.25) is 0 Å². The topological polar surface area (TPSA) is 104 Å². The first-order valence-electron chi connectivity index (χ1n) is 11.5. The van der Waals surface area contributed by atoms with Gasteiger partial charge >= 0.3 is 5.69 Å². The van der Waals surface area contributed by atoms with Crippen molar-refractivity contribution in [1.82, 2.24) is 23.1 Å². The molecule has 0 spiro atoms. The van der Waals surface area contributed by atoms with Gasteiger partial charge in [-0.25, -0.2) is 9.20 Å². The number of nitrogens with zero attached hydrogens (tertiary/aromatic N) is 5. The molecule has 1 aliphatic carbocycles. The largest absolute Gasteiger partial charge is 0.494 e. The summed E-state index contributed by atoms with van der Waals surface area (Å²) in [5.41, 5.74) is 0.889. The second-order valence-corrected chi connectivity index (χ2v) is 8.93. The lowest BCUT2D eigenvalue weighted by Crippen LogP contribution is -2.38. The van der Waals surface area contributed by atoms with Crippen LogP contribution in [0.1, 0.15) is 43.2 Å². The van der Waals surface area contributed by atoms with Crippen molar-refractivity contribution < 1.29 is 5.11 Å². The van der Waals surface area contributed by atoms with Crippen LogP contribution in [0.4, 0.5) is 0 Å². The highest BCUT2D eigenvalue weighted by atomic mass is 16.3. The Kier molecular flexibility index (Phi) is 5.47. The molecule has 0 bridgehead atoms. The number of benzene rings is 1. The van der Waals surface area contributed by atoms with Gasteiger partial charge in [-0.15, -0.1) is 0 Å². The van der Waals surface area contributed by atoms with Crippen LogP contribution in [-0.2, 0) is 27.1 Å². The first-order valence-corrected chi connectivity index (χ1v) is 11.5. The fraction of sp³-hybridized carbons (Fsp3) is 0.360. The Morgan fingerprint density at radius 3 is 2.38 bits per heavy atom. The van der Waals surface area contributed by atoms with Crippen molar-refractivity contribution >= 4 is 16.9 Å². The van der Waals surface area contributed by atoms with Crippen LogP contribution in [-0.4, -0.2) is 28.2 Å². The summed E-state index contributed by atoms with van der Waals surface area (Å²) in [5, 5.41) is 11.3. The Balaban J connectivity index is 1.83. The monoisotopic (exact) mass is 461 g/mol. The quantitative estimate of drug-likeness (QED) is 0.470. The van der Waals surface area contributed by atoms with Crippen LogP contribution >= 0.6 is 0 Å². The lowest BCUT2D eigenvalue weighted by molar-refractivity contribution is 0.413. The summed E-state index contributed by atoms with van der Waals surface area (Å²) in [6, 6.07) is 9.50. The molecular weight excluding hydrogens is 434 g/mol. The molecule has 0 atom stereocenters.